The number of carbonyl (C=O) groups is 1. The summed E-state index contributed by atoms with van der Waals surface area (Å²) in [5.74, 6) is 2.21. The fourth-order valence-electron chi connectivity index (χ4n) is 3.20. The van der Waals surface area contributed by atoms with Gasteiger partial charge in [-0.25, -0.2) is 0 Å². The highest BCUT2D eigenvalue weighted by Gasteiger charge is 2.15. The predicted octanol–water partition coefficient (Wildman–Crippen LogP) is 5.14. The lowest BCUT2D eigenvalue weighted by Crippen LogP contribution is -2.20. The maximum atomic E-state index is 12.3. The number of nitrogens with one attached hydrogen (secondary N) is 1. The third kappa shape index (κ3) is 5.53. The summed E-state index contributed by atoms with van der Waals surface area (Å²) in [5.41, 5.74) is 3.35. The normalized spacial score (nSPS) is 10.6. The van der Waals surface area contributed by atoms with Gasteiger partial charge >= 0.3 is 0 Å². The summed E-state index contributed by atoms with van der Waals surface area (Å²) in [7, 11) is 1.59. The van der Waals surface area contributed by atoms with Crippen LogP contribution in [-0.2, 0) is 4.79 Å². The van der Waals surface area contributed by atoms with E-state index in [0.29, 0.717) is 46.8 Å². The Bertz CT molecular complexity index is 1250. The monoisotopic (exact) mass is 459 g/mol. The van der Waals surface area contributed by atoms with E-state index in [1.807, 2.05) is 38.1 Å². The number of benzene rings is 3. The van der Waals surface area contributed by atoms with E-state index in [2.05, 4.69) is 15.5 Å². The quantitative estimate of drug-likeness (QED) is 0.370. The van der Waals surface area contributed by atoms with Gasteiger partial charge in [0.1, 0.15) is 5.75 Å². The molecule has 0 aliphatic heterocycles. The number of hydrogen-bond acceptors (Lipinski definition) is 7. The molecule has 0 fully saturated rings. The van der Waals surface area contributed by atoms with Crippen LogP contribution in [0.15, 0.2) is 71.3 Å². The summed E-state index contributed by atoms with van der Waals surface area (Å²) in [5, 5.41) is 6.88. The van der Waals surface area contributed by atoms with E-state index in [0.717, 1.165) is 11.1 Å². The SMILES string of the molecule is CCOc1cc(-c2noc(-c3ccc(C)cc3)n2)ccc1OCC(=O)Nc1ccc(OC)cc1. The summed E-state index contributed by atoms with van der Waals surface area (Å²) in [6.07, 6.45) is 0. The standard InChI is InChI=1S/C26H25N3O5/c1-4-32-23-15-19(25-28-26(34-29-25)18-7-5-17(2)6-8-18)9-14-22(23)33-16-24(30)27-20-10-12-21(31-3)13-11-20/h5-15H,4,16H2,1-3H3,(H,27,30). The van der Waals surface area contributed by atoms with E-state index in [-0.39, 0.29) is 12.5 Å². The number of ether oxygens (including phenoxy) is 3. The zero-order valence-corrected chi connectivity index (χ0v) is 19.2. The molecule has 8 heteroatoms. The number of amides is 1. The molecule has 34 heavy (non-hydrogen) atoms. The van der Waals surface area contributed by atoms with Gasteiger partial charge in [-0.15, -0.1) is 0 Å². The second-order valence-corrected chi connectivity index (χ2v) is 7.45. The predicted molar refractivity (Wildman–Crippen MR) is 128 cm³/mol. The first-order chi connectivity index (χ1) is 16.6. The average Bonchev–Trinajstić information content (AvgIpc) is 3.35. The molecule has 1 N–H and O–H groups in total. The van der Waals surface area contributed by atoms with Crippen molar-refractivity contribution in [2.75, 3.05) is 25.6 Å². The Morgan fingerprint density at radius 3 is 2.38 bits per heavy atom. The molecule has 0 aliphatic carbocycles. The molecule has 0 bridgehead atoms. The highest BCUT2D eigenvalue weighted by molar-refractivity contribution is 5.92. The first kappa shape index (κ1) is 22.8. The molecule has 0 saturated heterocycles. The highest BCUT2D eigenvalue weighted by Crippen LogP contribution is 2.33. The van der Waals surface area contributed by atoms with Gasteiger partial charge in [-0.1, -0.05) is 22.9 Å². The first-order valence-corrected chi connectivity index (χ1v) is 10.8. The molecule has 1 aromatic heterocycles. The Morgan fingerprint density at radius 2 is 1.68 bits per heavy atom. The van der Waals surface area contributed by atoms with Gasteiger partial charge in [-0.2, -0.15) is 4.98 Å². The van der Waals surface area contributed by atoms with E-state index >= 15 is 0 Å². The van der Waals surface area contributed by atoms with E-state index < -0.39 is 0 Å². The summed E-state index contributed by atoms with van der Waals surface area (Å²) in [4.78, 5) is 16.8. The summed E-state index contributed by atoms with van der Waals surface area (Å²) < 4.78 is 22.0. The van der Waals surface area contributed by atoms with Gasteiger partial charge < -0.3 is 24.1 Å². The van der Waals surface area contributed by atoms with Crippen LogP contribution in [-0.4, -0.2) is 36.4 Å². The van der Waals surface area contributed by atoms with Gasteiger partial charge in [0.25, 0.3) is 11.8 Å². The highest BCUT2D eigenvalue weighted by atomic mass is 16.5. The lowest BCUT2D eigenvalue weighted by molar-refractivity contribution is -0.118. The van der Waals surface area contributed by atoms with Crippen molar-refractivity contribution in [2.45, 2.75) is 13.8 Å². The number of aryl methyl sites for hydroxylation is 1. The molecule has 8 nitrogen and oxygen atoms in total. The molecular weight excluding hydrogens is 434 g/mol. The van der Waals surface area contributed by atoms with E-state index in [1.54, 1.807) is 49.6 Å². The van der Waals surface area contributed by atoms with Gasteiger partial charge in [0.05, 0.1) is 13.7 Å². The molecule has 0 unspecified atom stereocenters. The number of anilines is 1. The van der Waals surface area contributed by atoms with E-state index in [9.17, 15) is 4.79 Å². The Balaban J connectivity index is 1.45. The number of aromatic nitrogens is 2. The second kappa shape index (κ2) is 10.5. The molecule has 3 aromatic carbocycles. The van der Waals surface area contributed by atoms with Crippen molar-refractivity contribution in [2.24, 2.45) is 0 Å². The van der Waals surface area contributed by atoms with Crippen molar-refractivity contribution < 1.29 is 23.5 Å². The minimum atomic E-state index is -0.294. The van der Waals surface area contributed by atoms with Crippen LogP contribution in [0.5, 0.6) is 17.2 Å². The van der Waals surface area contributed by atoms with Crippen molar-refractivity contribution >= 4 is 11.6 Å². The number of nitrogens with zero attached hydrogens (tertiary/aromatic N) is 2. The van der Waals surface area contributed by atoms with Crippen LogP contribution in [0.25, 0.3) is 22.8 Å². The largest absolute Gasteiger partial charge is 0.497 e. The lowest BCUT2D eigenvalue weighted by atomic mass is 10.1. The zero-order chi connectivity index (χ0) is 23.9. The van der Waals surface area contributed by atoms with Crippen LogP contribution in [0.4, 0.5) is 5.69 Å². The van der Waals surface area contributed by atoms with Crippen molar-refractivity contribution in [3.8, 4) is 40.1 Å². The Hall–Kier alpha value is -4.33. The summed E-state index contributed by atoms with van der Waals surface area (Å²) in [6.45, 7) is 4.14. The topological polar surface area (TPSA) is 95.7 Å². The summed E-state index contributed by atoms with van der Waals surface area (Å²) in [6, 6.07) is 20.2. The van der Waals surface area contributed by atoms with Gasteiger partial charge in [-0.3, -0.25) is 4.79 Å². The van der Waals surface area contributed by atoms with Crippen LogP contribution < -0.4 is 19.5 Å². The minimum absolute atomic E-state index is 0.175. The number of hydrogen-bond donors (Lipinski definition) is 1. The first-order valence-electron chi connectivity index (χ1n) is 10.8. The maximum absolute atomic E-state index is 12.3. The maximum Gasteiger partial charge on any atom is 0.262 e. The number of rotatable bonds is 9. The fourth-order valence-corrected chi connectivity index (χ4v) is 3.20. The van der Waals surface area contributed by atoms with Crippen LogP contribution in [0, 0.1) is 6.92 Å². The molecule has 4 rings (SSSR count). The van der Waals surface area contributed by atoms with Crippen molar-refractivity contribution in [3.63, 3.8) is 0 Å². The molecule has 4 aromatic rings. The number of methoxy groups -OCH3 is 1. The van der Waals surface area contributed by atoms with Crippen LogP contribution in [0.2, 0.25) is 0 Å². The molecule has 0 saturated carbocycles. The molecule has 1 heterocycles. The lowest BCUT2D eigenvalue weighted by Gasteiger charge is -2.13. The third-order valence-corrected chi connectivity index (χ3v) is 4.96. The number of carbonyl (C=O) groups excluding carboxylic acids is 1. The van der Waals surface area contributed by atoms with E-state index in [1.165, 1.54) is 0 Å². The van der Waals surface area contributed by atoms with Gasteiger partial charge in [-0.05, 0) is 68.4 Å². The molecule has 0 atom stereocenters. The smallest absolute Gasteiger partial charge is 0.262 e. The third-order valence-electron chi connectivity index (χ3n) is 4.96. The van der Waals surface area contributed by atoms with Crippen LogP contribution in [0.1, 0.15) is 12.5 Å². The molecule has 0 spiro atoms. The Morgan fingerprint density at radius 1 is 0.941 bits per heavy atom. The van der Waals surface area contributed by atoms with Crippen LogP contribution >= 0.6 is 0 Å². The van der Waals surface area contributed by atoms with Gasteiger partial charge in [0.15, 0.2) is 18.1 Å². The Kier molecular flexibility index (Phi) is 7.07. The zero-order valence-electron chi connectivity index (χ0n) is 19.2. The van der Waals surface area contributed by atoms with Crippen molar-refractivity contribution in [1.82, 2.24) is 10.1 Å². The molecule has 174 valence electrons. The van der Waals surface area contributed by atoms with Crippen molar-refractivity contribution in [1.29, 1.82) is 0 Å². The second-order valence-electron chi connectivity index (χ2n) is 7.45. The van der Waals surface area contributed by atoms with E-state index in [4.69, 9.17) is 18.7 Å². The summed E-state index contributed by atoms with van der Waals surface area (Å²) >= 11 is 0. The van der Waals surface area contributed by atoms with Crippen molar-refractivity contribution in [3.05, 3.63) is 72.3 Å². The van der Waals surface area contributed by atoms with Gasteiger partial charge in [0.2, 0.25) is 5.82 Å². The molecule has 0 radical (unpaired) electrons. The van der Waals surface area contributed by atoms with Crippen LogP contribution in [0.3, 0.4) is 0 Å². The van der Waals surface area contributed by atoms with Gasteiger partial charge in [0, 0.05) is 16.8 Å². The average molecular weight is 460 g/mol. The molecule has 1 amide bonds. The molecular formula is C26H25N3O5. The molecule has 0 aliphatic rings. The Labute approximate surface area is 197 Å². The fraction of sp³-hybridized carbons (Fsp3) is 0.192. The minimum Gasteiger partial charge on any atom is -0.497 e.